The van der Waals surface area contributed by atoms with Crippen molar-refractivity contribution in [2.45, 2.75) is 38.0 Å². The number of likely N-dealkylation sites (tertiary alicyclic amines) is 1. The number of carbonyl (C=O) groups is 1. The molecule has 2 unspecified atom stereocenters. The number of sulfonamides is 1. The molecule has 33 heavy (non-hydrogen) atoms. The highest BCUT2D eigenvalue weighted by molar-refractivity contribution is 7.92. The Bertz CT molecular complexity index is 1050. The number of amides is 1. The molecule has 6 nitrogen and oxygen atoms in total. The molecule has 0 saturated carbocycles. The van der Waals surface area contributed by atoms with Crippen LogP contribution in [0.2, 0.25) is 5.02 Å². The first-order chi connectivity index (χ1) is 15.6. The molecular formula is C24H31ClFN3O3S. The van der Waals surface area contributed by atoms with Gasteiger partial charge < -0.3 is 10.2 Å². The van der Waals surface area contributed by atoms with Crippen LogP contribution in [0.1, 0.15) is 43.5 Å². The van der Waals surface area contributed by atoms with E-state index in [1.165, 1.54) is 36.8 Å². The molecular weight excluding hydrogens is 465 g/mol. The fourth-order valence-corrected chi connectivity index (χ4v) is 5.60. The summed E-state index contributed by atoms with van der Waals surface area (Å²) in [6.07, 6.45) is 3.08. The standard InChI is InChI=1S/C24H31ClFN3O3S/c1-17-13-18(2)16-29(15-17)12-4-3-11-27-24(30)22-14-21(9-10-23(22)25)33(31,32)28-20-7-5-19(26)6-8-20/h5-10,14,17-18,28H,3-4,11-13,15-16H2,1-2H3,(H,27,30). The molecule has 2 aromatic rings. The second-order valence-electron chi connectivity index (χ2n) is 8.92. The van der Waals surface area contributed by atoms with Crippen LogP contribution >= 0.6 is 11.6 Å². The number of carbonyl (C=O) groups excluding carboxylic acids is 1. The summed E-state index contributed by atoms with van der Waals surface area (Å²) in [5.74, 6) is 0.552. The topological polar surface area (TPSA) is 78.5 Å². The van der Waals surface area contributed by atoms with Gasteiger partial charge in [-0.1, -0.05) is 25.4 Å². The van der Waals surface area contributed by atoms with Gasteiger partial charge in [-0.25, -0.2) is 12.8 Å². The lowest BCUT2D eigenvalue weighted by Gasteiger charge is -2.34. The monoisotopic (exact) mass is 495 g/mol. The summed E-state index contributed by atoms with van der Waals surface area (Å²) in [7, 11) is -3.97. The molecule has 0 spiro atoms. The quantitative estimate of drug-likeness (QED) is 0.491. The lowest BCUT2D eigenvalue weighted by Crippen LogP contribution is -2.39. The Morgan fingerprint density at radius 2 is 1.76 bits per heavy atom. The summed E-state index contributed by atoms with van der Waals surface area (Å²) < 4.78 is 40.8. The van der Waals surface area contributed by atoms with Crippen LogP contribution < -0.4 is 10.0 Å². The van der Waals surface area contributed by atoms with Crippen LogP contribution in [0.4, 0.5) is 10.1 Å². The zero-order valence-corrected chi connectivity index (χ0v) is 20.6. The molecule has 2 aromatic carbocycles. The van der Waals surface area contributed by atoms with E-state index in [2.05, 4.69) is 28.8 Å². The Kier molecular flexibility index (Phi) is 8.73. The van der Waals surface area contributed by atoms with Crippen LogP contribution in [-0.2, 0) is 10.0 Å². The highest BCUT2D eigenvalue weighted by Crippen LogP contribution is 2.23. The molecule has 1 amide bonds. The number of halogens is 2. The van der Waals surface area contributed by atoms with Gasteiger partial charge in [-0.2, -0.15) is 0 Å². The summed E-state index contributed by atoms with van der Waals surface area (Å²) in [5, 5.41) is 3.00. The zero-order valence-electron chi connectivity index (χ0n) is 19.0. The Balaban J connectivity index is 1.54. The Labute approximate surface area is 200 Å². The van der Waals surface area contributed by atoms with Crippen molar-refractivity contribution in [1.82, 2.24) is 10.2 Å². The Morgan fingerprint density at radius 3 is 2.42 bits per heavy atom. The van der Waals surface area contributed by atoms with Gasteiger partial charge >= 0.3 is 0 Å². The molecule has 1 saturated heterocycles. The third-order valence-corrected chi connectivity index (χ3v) is 7.43. The van der Waals surface area contributed by atoms with Gasteiger partial charge in [-0.3, -0.25) is 9.52 Å². The predicted octanol–water partition coefficient (Wildman–Crippen LogP) is 4.77. The third kappa shape index (κ3) is 7.42. The number of hydrogen-bond donors (Lipinski definition) is 2. The lowest BCUT2D eigenvalue weighted by atomic mass is 9.92. The van der Waals surface area contributed by atoms with E-state index in [9.17, 15) is 17.6 Å². The minimum Gasteiger partial charge on any atom is -0.352 e. The maximum Gasteiger partial charge on any atom is 0.261 e. The van der Waals surface area contributed by atoms with Gasteiger partial charge in [0.1, 0.15) is 5.82 Å². The van der Waals surface area contributed by atoms with Crippen molar-refractivity contribution in [1.29, 1.82) is 0 Å². The number of rotatable bonds is 9. The molecule has 3 rings (SSSR count). The number of benzene rings is 2. The molecule has 1 aliphatic heterocycles. The number of nitrogens with one attached hydrogen (secondary N) is 2. The Hall–Kier alpha value is -2.16. The fourth-order valence-electron chi connectivity index (χ4n) is 4.31. The second kappa shape index (κ2) is 11.3. The van der Waals surface area contributed by atoms with Crippen LogP contribution in [-0.4, -0.2) is 45.4 Å². The van der Waals surface area contributed by atoms with E-state index in [1.54, 1.807) is 0 Å². The minimum atomic E-state index is -3.97. The summed E-state index contributed by atoms with van der Waals surface area (Å²) in [6, 6.07) is 8.92. The van der Waals surface area contributed by atoms with Gasteiger partial charge in [0, 0.05) is 25.3 Å². The van der Waals surface area contributed by atoms with Gasteiger partial charge in [0.15, 0.2) is 0 Å². The van der Waals surface area contributed by atoms with Crippen LogP contribution in [0.3, 0.4) is 0 Å². The maximum atomic E-state index is 13.1. The van der Waals surface area contributed by atoms with Crippen molar-refractivity contribution in [2.24, 2.45) is 11.8 Å². The number of unbranched alkanes of at least 4 members (excludes halogenated alkanes) is 1. The summed E-state index contributed by atoms with van der Waals surface area (Å²) in [5.41, 5.74) is 0.312. The van der Waals surface area contributed by atoms with Crippen LogP contribution in [0.15, 0.2) is 47.4 Å². The average molecular weight is 496 g/mol. The first-order valence-electron chi connectivity index (χ1n) is 11.2. The smallest absolute Gasteiger partial charge is 0.261 e. The SMILES string of the molecule is CC1CC(C)CN(CCCCNC(=O)c2cc(S(=O)(=O)Nc3ccc(F)cc3)ccc2Cl)C1. The normalized spacial score (nSPS) is 19.3. The van der Waals surface area contributed by atoms with E-state index in [-0.39, 0.29) is 21.2 Å². The van der Waals surface area contributed by atoms with Crippen molar-refractivity contribution in [2.75, 3.05) is 30.9 Å². The Morgan fingerprint density at radius 1 is 1.09 bits per heavy atom. The highest BCUT2D eigenvalue weighted by Gasteiger charge is 2.21. The molecule has 0 radical (unpaired) electrons. The molecule has 180 valence electrons. The van der Waals surface area contributed by atoms with Gasteiger partial charge in [0.25, 0.3) is 15.9 Å². The molecule has 9 heteroatoms. The van der Waals surface area contributed by atoms with E-state index in [0.29, 0.717) is 6.54 Å². The third-order valence-electron chi connectivity index (χ3n) is 5.72. The molecule has 0 bridgehead atoms. The van der Waals surface area contributed by atoms with E-state index < -0.39 is 21.7 Å². The molecule has 0 aliphatic carbocycles. The van der Waals surface area contributed by atoms with E-state index in [0.717, 1.165) is 56.4 Å². The van der Waals surface area contributed by atoms with Gasteiger partial charge in [-0.05, 0) is 80.1 Å². The first kappa shape index (κ1) is 25.5. The van der Waals surface area contributed by atoms with Crippen LogP contribution in [0.25, 0.3) is 0 Å². The average Bonchev–Trinajstić information content (AvgIpc) is 2.74. The highest BCUT2D eigenvalue weighted by atomic mass is 35.5. The fraction of sp³-hybridized carbons (Fsp3) is 0.458. The van der Waals surface area contributed by atoms with Crippen molar-refractivity contribution in [3.63, 3.8) is 0 Å². The first-order valence-corrected chi connectivity index (χ1v) is 13.1. The maximum absolute atomic E-state index is 13.1. The number of hydrogen-bond acceptors (Lipinski definition) is 4. The molecule has 0 aromatic heterocycles. The zero-order chi connectivity index (χ0) is 24.0. The lowest BCUT2D eigenvalue weighted by molar-refractivity contribution is 0.0951. The summed E-state index contributed by atoms with van der Waals surface area (Å²) >= 11 is 6.16. The molecule has 2 N–H and O–H groups in total. The van der Waals surface area contributed by atoms with Crippen LogP contribution in [0, 0.1) is 17.7 Å². The van der Waals surface area contributed by atoms with Crippen molar-refractivity contribution in [3.8, 4) is 0 Å². The van der Waals surface area contributed by atoms with Crippen LogP contribution in [0.5, 0.6) is 0 Å². The van der Waals surface area contributed by atoms with Gasteiger partial charge in [-0.15, -0.1) is 0 Å². The van der Waals surface area contributed by atoms with E-state index in [4.69, 9.17) is 11.6 Å². The predicted molar refractivity (Wildman–Crippen MR) is 130 cm³/mol. The molecule has 1 heterocycles. The largest absolute Gasteiger partial charge is 0.352 e. The van der Waals surface area contributed by atoms with Crippen molar-refractivity contribution < 1.29 is 17.6 Å². The van der Waals surface area contributed by atoms with E-state index in [1.807, 2.05) is 0 Å². The van der Waals surface area contributed by atoms with Gasteiger partial charge in [0.2, 0.25) is 0 Å². The van der Waals surface area contributed by atoms with Gasteiger partial charge in [0.05, 0.1) is 15.5 Å². The molecule has 2 atom stereocenters. The molecule has 1 aliphatic rings. The summed E-state index contributed by atoms with van der Waals surface area (Å²) in [4.78, 5) is 15.0. The van der Waals surface area contributed by atoms with E-state index >= 15 is 0 Å². The number of nitrogens with zero attached hydrogens (tertiary/aromatic N) is 1. The second-order valence-corrected chi connectivity index (χ2v) is 11.0. The van der Waals surface area contributed by atoms with Crippen molar-refractivity contribution in [3.05, 3.63) is 58.9 Å². The van der Waals surface area contributed by atoms with Crippen molar-refractivity contribution >= 4 is 33.2 Å². The summed E-state index contributed by atoms with van der Waals surface area (Å²) in [6.45, 7) is 8.32. The minimum absolute atomic E-state index is 0.0947. The number of anilines is 1. The molecule has 1 fully saturated rings. The number of piperidine rings is 1.